The Hall–Kier alpha value is -1.99. The molecule has 0 aromatic heterocycles. The number of hydrogen-bond donors (Lipinski definition) is 0. The van der Waals surface area contributed by atoms with Gasteiger partial charge in [-0.3, -0.25) is 4.79 Å². The van der Waals surface area contributed by atoms with E-state index in [9.17, 15) is 4.79 Å². The van der Waals surface area contributed by atoms with Crippen molar-refractivity contribution in [2.24, 2.45) is 4.99 Å². The minimum Gasteiger partial charge on any atom is -0.322 e. The number of fused-ring (bicyclic) bond motifs is 3. The summed E-state index contributed by atoms with van der Waals surface area (Å²) in [4.78, 5) is 17.5. The van der Waals surface area contributed by atoms with Crippen LogP contribution in [-0.4, -0.2) is 11.5 Å². The largest absolute Gasteiger partial charge is 0.322 e. The van der Waals surface area contributed by atoms with Gasteiger partial charge in [0.05, 0.1) is 11.7 Å². The maximum absolute atomic E-state index is 11.3. The fourth-order valence-electron chi connectivity index (χ4n) is 3.03. The summed E-state index contributed by atoms with van der Waals surface area (Å²) in [6.07, 6.45) is 0. The number of anilines is 1. The first kappa shape index (κ1) is 21.1. The molecule has 2 aromatic carbocycles. The molecule has 4 heteroatoms. The van der Waals surface area contributed by atoms with Gasteiger partial charge in [0.15, 0.2) is 0 Å². The van der Waals surface area contributed by atoms with Crippen LogP contribution in [-0.2, 0) is 0 Å². The molecule has 0 radical (unpaired) electrons. The number of amidine groups is 1. The molecular weight excluding hydrogens is 327 g/mol. The van der Waals surface area contributed by atoms with Crippen LogP contribution in [0.25, 0.3) is 11.1 Å². The molecule has 0 saturated heterocycles. The fourth-order valence-corrected chi connectivity index (χ4v) is 3.22. The van der Waals surface area contributed by atoms with E-state index >= 15 is 0 Å². The van der Waals surface area contributed by atoms with Gasteiger partial charge in [-0.1, -0.05) is 70.2 Å². The molecule has 0 N–H and O–H groups in total. The second kappa shape index (κ2) is 10.1. The number of hydrogen-bond acceptors (Lipinski definition) is 1. The van der Waals surface area contributed by atoms with Crippen LogP contribution in [0.4, 0.5) is 10.5 Å². The van der Waals surface area contributed by atoms with Crippen molar-refractivity contribution in [3.63, 3.8) is 0 Å². The van der Waals surface area contributed by atoms with Gasteiger partial charge >= 0.3 is 0 Å². The van der Waals surface area contributed by atoms with Crippen molar-refractivity contribution in [3.8, 4) is 11.1 Å². The molecular formula is C21H29N2OP. The van der Waals surface area contributed by atoms with Crippen LogP contribution in [0.2, 0.25) is 0 Å². The Labute approximate surface area is 154 Å². The number of carbonyl (C=O) groups excluding carboxylic acids is 1. The van der Waals surface area contributed by atoms with Crippen LogP contribution in [0.1, 0.15) is 53.1 Å². The highest BCUT2D eigenvalue weighted by Gasteiger charge is 2.29. The second-order valence-corrected chi connectivity index (χ2v) is 5.64. The monoisotopic (exact) mass is 356 g/mol. The summed E-state index contributed by atoms with van der Waals surface area (Å²) in [5.74, 6) is 0.712. The van der Waals surface area contributed by atoms with Gasteiger partial charge in [-0.05, 0) is 40.3 Å². The molecule has 0 bridgehead atoms. The maximum atomic E-state index is 11.3. The number of amides is 1. The zero-order chi connectivity index (χ0) is 19.0. The highest BCUT2D eigenvalue weighted by molar-refractivity contribution is 7.40. The van der Waals surface area contributed by atoms with Gasteiger partial charge in [0.1, 0.15) is 5.84 Å². The van der Waals surface area contributed by atoms with E-state index < -0.39 is 0 Å². The lowest BCUT2D eigenvalue weighted by molar-refractivity contribution is 0.267. The average Bonchev–Trinajstić information content (AvgIpc) is 2.65. The fraction of sp³-hybridized carbons (Fsp3) is 0.333. The molecule has 2 atom stereocenters. The van der Waals surface area contributed by atoms with E-state index in [1.165, 1.54) is 16.7 Å². The minimum absolute atomic E-state index is 0.143. The number of nitrogens with zero attached hydrogens (tertiary/aromatic N) is 2. The topological polar surface area (TPSA) is 32.7 Å². The first-order valence-electron chi connectivity index (χ1n) is 8.92. The first-order chi connectivity index (χ1) is 12.1. The second-order valence-electron chi connectivity index (χ2n) is 5.15. The van der Waals surface area contributed by atoms with Crippen molar-refractivity contribution in [3.05, 3.63) is 54.1 Å². The maximum Gasteiger partial charge on any atom is 0.261 e. The molecule has 3 nitrogen and oxygen atoms in total. The van der Waals surface area contributed by atoms with Gasteiger partial charge in [-0.15, -0.1) is 0 Å². The van der Waals surface area contributed by atoms with Gasteiger partial charge in [-0.2, -0.15) is 4.99 Å². The molecule has 3 rings (SSSR count). The molecule has 0 spiro atoms. The van der Waals surface area contributed by atoms with E-state index in [0.29, 0.717) is 5.84 Å². The first-order valence-corrected chi connectivity index (χ1v) is 9.49. The van der Waals surface area contributed by atoms with Gasteiger partial charge in [-0.25, -0.2) is 0 Å². The molecule has 1 amide bonds. The zero-order valence-corrected chi connectivity index (χ0v) is 17.2. The lowest BCUT2D eigenvalue weighted by atomic mass is 9.89. The van der Waals surface area contributed by atoms with E-state index in [0.717, 1.165) is 5.69 Å². The standard InChI is InChI=1S/C17H17N2OP.2C2H6/c1-11-13-7-3-4-8-14(13)15-9-5-6-10-16(15)19(11)12(2)18-17(20)21;2*1-2/h3-11H,21H2,1-2H3;2*1-2H3. The summed E-state index contributed by atoms with van der Waals surface area (Å²) in [6, 6.07) is 16.8. The summed E-state index contributed by atoms with van der Waals surface area (Å²) in [5.41, 5.74) is 4.52. The predicted octanol–water partition coefficient (Wildman–Crippen LogP) is 6.70. The third kappa shape index (κ3) is 4.55. The Kier molecular flexibility index (Phi) is 8.51. The van der Waals surface area contributed by atoms with Crippen molar-refractivity contribution >= 4 is 26.4 Å². The summed E-state index contributed by atoms with van der Waals surface area (Å²) < 4.78 is 0. The molecule has 1 heterocycles. The van der Waals surface area contributed by atoms with Gasteiger partial charge in [0.2, 0.25) is 0 Å². The van der Waals surface area contributed by atoms with Crippen molar-refractivity contribution in [1.29, 1.82) is 0 Å². The molecule has 0 fully saturated rings. The molecule has 25 heavy (non-hydrogen) atoms. The number of aliphatic imine (C=N–C) groups is 1. The summed E-state index contributed by atoms with van der Waals surface area (Å²) in [6.45, 7) is 12.0. The minimum atomic E-state index is -0.254. The highest BCUT2D eigenvalue weighted by Crippen LogP contribution is 2.44. The van der Waals surface area contributed by atoms with Crippen LogP contribution in [0.5, 0.6) is 0 Å². The van der Waals surface area contributed by atoms with Gasteiger partial charge < -0.3 is 4.90 Å². The third-order valence-corrected chi connectivity index (χ3v) is 4.00. The van der Waals surface area contributed by atoms with E-state index in [4.69, 9.17) is 0 Å². The number of rotatable bonds is 0. The molecule has 1 aliphatic rings. The lowest BCUT2D eigenvalue weighted by Crippen LogP contribution is -2.35. The normalized spacial score (nSPS) is 14.9. The van der Waals surface area contributed by atoms with Crippen LogP contribution >= 0.6 is 9.24 Å². The van der Waals surface area contributed by atoms with Crippen molar-refractivity contribution in [2.75, 3.05) is 4.90 Å². The van der Waals surface area contributed by atoms with Crippen LogP contribution in [0, 0.1) is 0 Å². The van der Waals surface area contributed by atoms with Crippen LogP contribution < -0.4 is 4.90 Å². The molecule has 1 aliphatic heterocycles. The van der Waals surface area contributed by atoms with E-state index in [2.05, 4.69) is 62.5 Å². The summed E-state index contributed by atoms with van der Waals surface area (Å²) >= 11 is 0. The Morgan fingerprint density at radius 1 is 0.960 bits per heavy atom. The predicted molar refractivity (Wildman–Crippen MR) is 114 cm³/mol. The quantitative estimate of drug-likeness (QED) is 0.299. The number of para-hydroxylation sites is 1. The van der Waals surface area contributed by atoms with Crippen LogP contribution in [0.3, 0.4) is 0 Å². The van der Waals surface area contributed by atoms with Crippen molar-refractivity contribution in [2.45, 2.75) is 47.6 Å². The summed E-state index contributed by atoms with van der Waals surface area (Å²) in [7, 11) is 2.10. The van der Waals surface area contributed by atoms with Gasteiger partial charge in [0.25, 0.3) is 5.65 Å². The zero-order valence-electron chi connectivity index (χ0n) is 16.1. The SMILES string of the molecule is CC.CC.CC(=NC(=O)P)N1c2ccccc2-c2ccccc2C1C. The van der Waals surface area contributed by atoms with Crippen LogP contribution in [0.15, 0.2) is 53.5 Å². The molecule has 2 unspecified atom stereocenters. The molecule has 0 aliphatic carbocycles. The van der Waals surface area contributed by atoms with Gasteiger partial charge in [0, 0.05) is 5.56 Å². The Morgan fingerprint density at radius 3 is 2.08 bits per heavy atom. The smallest absolute Gasteiger partial charge is 0.261 e. The Bertz CT molecular complexity index is 740. The van der Waals surface area contributed by atoms with Crippen molar-refractivity contribution in [1.82, 2.24) is 0 Å². The van der Waals surface area contributed by atoms with E-state index in [-0.39, 0.29) is 11.7 Å². The lowest BCUT2D eigenvalue weighted by Gasteiger charge is -2.38. The van der Waals surface area contributed by atoms with E-state index in [1.807, 2.05) is 46.8 Å². The molecule has 134 valence electrons. The third-order valence-electron chi connectivity index (χ3n) is 3.87. The Morgan fingerprint density at radius 2 is 1.48 bits per heavy atom. The number of carbonyl (C=O) groups is 1. The summed E-state index contributed by atoms with van der Waals surface area (Å²) in [5, 5.41) is 0. The molecule has 2 aromatic rings. The van der Waals surface area contributed by atoms with E-state index in [1.54, 1.807) is 0 Å². The number of benzene rings is 2. The molecule has 0 saturated carbocycles. The average molecular weight is 356 g/mol. The Balaban J connectivity index is 0.000000730. The highest BCUT2D eigenvalue weighted by atomic mass is 31.0. The van der Waals surface area contributed by atoms with Crippen molar-refractivity contribution < 1.29 is 4.79 Å².